The topological polar surface area (TPSA) is 151 Å². The number of aliphatic carboxylic acids is 1. The number of hydrogen-bond donors (Lipinski definition) is 3. The van der Waals surface area contributed by atoms with Gasteiger partial charge in [0.1, 0.15) is 18.4 Å². The van der Waals surface area contributed by atoms with E-state index in [9.17, 15) is 24.0 Å². The number of aryl methyl sites for hydroxylation is 1. The monoisotopic (exact) mass is 505 g/mol. The summed E-state index contributed by atoms with van der Waals surface area (Å²) in [6, 6.07) is 2.54. The van der Waals surface area contributed by atoms with E-state index in [2.05, 4.69) is 10.6 Å². The molecular formula is C25H35N3O8. The third-order valence-corrected chi connectivity index (χ3v) is 6.06. The van der Waals surface area contributed by atoms with Gasteiger partial charge in [-0.3, -0.25) is 19.2 Å². The molecule has 3 N–H and O–H groups in total. The zero-order valence-corrected chi connectivity index (χ0v) is 21.1. The number of rotatable bonds is 13. The Morgan fingerprint density at radius 2 is 1.83 bits per heavy atom. The van der Waals surface area contributed by atoms with Gasteiger partial charge in [-0.15, -0.1) is 0 Å². The summed E-state index contributed by atoms with van der Waals surface area (Å²) >= 11 is 0. The van der Waals surface area contributed by atoms with Gasteiger partial charge < -0.3 is 34.9 Å². The molecule has 1 heterocycles. The summed E-state index contributed by atoms with van der Waals surface area (Å²) in [7, 11) is 3.07. The fourth-order valence-corrected chi connectivity index (χ4v) is 4.14. The van der Waals surface area contributed by atoms with E-state index in [1.165, 1.54) is 12.0 Å². The third-order valence-electron chi connectivity index (χ3n) is 6.06. The first kappa shape index (κ1) is 28.6. The molecule has 1 aromatic rings. The van der Waals surface area contributed by atoms with Gasteiger partial charge in [0.2, 0.25) is 17.7 Å². The van der Waals surface area contributed by atoms with Crippen molar-refractivity contribution in [3.05, 3.63) is 23.8 Å². The Morgan fingerprint density at radius 3 is 2.42 bits per heavy atom. The maximum atomic E-state index is 13.3. The van der Waals surface area contributed by atoms with Gasteiger partial charge in [0, 0.05) is 13.0 Å². The van der Waals surface area contributed by atoms with Crippen LogP contribution in [-0.4, -0.2) is 78.9 Å². The standard InChI is InChI=1S/C25H35N3O8/c1-15(2)23(27-21(30)10-8-16-7-9-19(35-3)20(12-16)36-4)25(34)28-11-5-6-18(28)24(33)26-17(14-29)13-22(31)32/h7,9,12,14-15,17-18,23H,5-6,8,10-11,13H2,1-4H3,(H,26,33)(H,27,30)(H,31,32). The number of amides is 3. The molecule has 0 bridgehead atoms. The second-order valence-corrected chi connectivity index (χ2v) is 9.02. The molecule has 3 atom stereocenters. The van der Waals surface area contributed by atoms with Crippen molar-refractivity contribution >= 4 is 30.0 Å². The summed E-state index contributed by atoms with van der Waals surface area (Å²) in [6.07, 6.45) is 1.35. The molecule has 1 fully saturated rings. The molecule has 0 aromatic heterocycles. The summed E-state index contributed by atoms with van der Waals surface area (Å²) in [6.45, 7) is 3.93. The number of carboxylic acids is 1. The van der Waals surface area contributed by atoms with Gasteiger partial charge in [-0.25, -0.2) is 0 Å². The van der Waals surface area contributed by atoms with Crippen molar-refractivity contribution in [2.75, 3.05) is 20.8 Å². The SMILES string of the molecule is COc1ccc(CCC(=O)NC(C(=O)N2CCCC2C(=O)NC(C=O)CC(=O)O)C(C)C)cc1OC. The van der Waals surface area contributed by atoms with E-state index in [4.69, 9.17) is 14.6 Å². The maximum Gasteiger partial charge on any atom is 0.305 e. The van der Waals surface area contributed by atoms with Gasteiger partial charge in [0.15, 0.2) is 11.5 Å². The predicted octanol–water partition coefficient (Wildman–Crippen LogP) is 0.927. The second kappa shape index (κ2) is 13.5. The van der Waals surface area contributed by atoms with Crippen LogP contribution < -0.4 is 20.1 Å². The highest BCUT2D eigenvalue weighted by Crippen LogP contribution is 2.28. The molecular weight excluding hydrogens is 470 g/mol. The summed E-state index contributed by atoms with van der Waals surface area (Å²) < 4.78 is 10.5. The average molecular weight is 506 g/mol. The normalized spacial score (nSPS) is 16.7. The number of likely N-dealkylation sites (tertiary alicyclic amines) is 1. The number of aldehydes is 1. The number of nitrogens with one attached hydrogen (secondary N) is 2. The van der Waals surface area contributed by atoms with Gasteiger partial charge >= 0.3 is 5.97 Å². The Kier molecular flexibility index (Phi) is 10.7. The van der Waals surface area contributed by atoms with Crippen LogP contribution in [0.2, 0.25) is 0 Å². The Labute approximate surface area is 210 Å². The molecule has 3 unspecified atom stereocenters. The number of carboxylic acid groups (broad SMARTS) is 1. The number of benzene rings is 1. The minimum absolute atomic E-state index is 0.145. The lowest BCUT2D eigenvalue weighted by Gasteiger charge is -2.31. The molecule has 1 aliphatic rings. The van der Waals surface area contributed by atoms with Gasteiger partial charge in [0.05, 0.1) is 26.7 Å². The third kappa shape index (κ3) is 7.69. The summed E-state index contributed by atoms with van der Waals surface area (Å²) in [5.74, 6) is -1.58. The number of carbonyl (C=O) groups excluding carboxylic acids is 4. The van der Waals surface area contributed by atoms with Crippen molar-refractivity contribution in [1.82, 2.24) is 15.5 Å². The second-order valence-electron chi connectivity index (χ2n) is 9.02. The highest BCUT2D eigenvalue weighted by molar-refractivity contribution is 5.93. The average Bonchev–Trinajstić information content (AvgIpc) is 3.34. The van der Waals surface area contributed by atoms with Gasteiger partial charge in [-0.1, -0.05) is 19.9 Å². The summed E-state index contributed by atoms with van der Waals surface area (Å²) in [4.78, 5) is 62.2. The first-order valence-electron chi connectivity index (χ1n) is 11.9. The summed E-state index contributed by atoms with van der Waals surface area (Å²) in [5, 5.41) is 14.1. The fraction of sp³-hybridized carbons (Fsp3) is 0.560. The highest BCUT2D eigenvalue weighted by atomic mass is 16.5. The number of nitrogens with zero attached hydrogens (tertiary/aromatic N) is 1. The molecule has 1 saturated heterocycles. The van der Waals surface area contributed by atoms with E-state index >= 15 is 0 Å². The number of methoxy groups -OCH3 is 2. The van der Waals surface area contributed by atoms with Crippen LogP contribution in [0.4, 0.5) is 0 Å². The highest BCUT2D eigenvalue weighted by Gasteiger charge is 2.39. The van der Waals surface area contributed by atoms with Crippen molar-refractivity contribution in [2.45, 2.75) is 64.1 Å². The lowest BCUT2D eigenvalue weighted by molar-refractivity contribution is -0.143. The largest absolute Gasteiger partial charge is 0.493 e. The molecule has 36 heavy (non-hydrogen) atoms. The minimum atomic E-state index is -1.22. The molecule has 11 nitrogen and oxygen atoms in total. The van der Waals surface area contributed by atoms with Crippen molar-refractivity contribution in [3.8, 4) is 11.5 Å². The fourth-order valence-electron chi connectivity index (χ4n) is 4.14. The number of carbonyl (C=O) groups is 5. The minimum Gasteiger partial charge on any atom is -0.493 e. The maximum absolute atomic E-state index is 13.3. The van der Waals surface area contributed by atoms with Crippen molar-refractivity contribution in [1.29, 1.82) is 0 Å². The molecule has 1 aromatic carbocycles. The van der Waals surface area contributed by atoms with Crippen LogP contribution in [0.15, 0.2) is 18.2 Å². The zero-order valence-electron chi connectivity index (χ0n) is 21.1. The molecule has 3 amide bonds. The van der Waals surface area contributed by atoms with Crippen molar-refractivity contribution in [2.24, 2.45) is 5.92 Å². The van der Waals surface area contributed by atoms with E-state index in [0.717, 1.165) is 5.56 Å². The Balaban J connectivity index is 2.02. The van der Waals surface area contributed by atoms with Crippen molar-refractivity contribution < 1.29 is 38.6 Å². The number of ether oxygens (including phenoxy) is 2. The molecule has 11 heteroatoms. The van der Waals surface area contributed by atoms with Crippen LogP contribution in [0.3, 0.4) is 0 Å². The molecule has 1 aliphatic heterocycles. The molecule has 0 aliphatic carbocycles. The van der Waals surface area contributed by atoms with Crippen LogP contribution >= 0.6 is 0 Å². The van der Waals surface area contributed by atoms with E-state index in [0.29, 0.717) is 43.6 Å². The van der Waals surface area contributed by atoms with E-state index in [1.807, 2.05) is 6.07 Å². The van der Waals surface area contributed by atoms with Crippen LogP contribution in [0.25, 0.3) is 0 Å². The first-order chi connectivity index (χ1) is 17.1. The van der Waals surface area contributed by atoms with Gasteiger partial charge in [0.25, 0.3) is 0 Å². The molecule has 0 radical (unpaired) electrons. The van der Waals surface area contributed by atoms with E-state index < -0.39 is 36.4 Å². The first-order valence-corrected chi connectivity index (χ1v) is 11.9. The van der Waals surface area contributed by atoms with Gasteiger partial charge in [-0.2, -0.15) is 0 Å². The molecule has 198 valence electrons. The van der Waals surface area contributed by atoms with Crippen LogP contribution in [-0.2, 0) is 30.4 Å². The zero-order chi connectivity index (χ0) is 26.8. The van der Waals surface area contributed by atoms with Crippen LogP contribution in [0, 0.1) is 5.92 Å². The Bertz CT molecular complexity index is 965. The summed E-state index contributed by atoms with van der Waals surface area (Å²) in [5.41, 5.74) is 0.873. The lowest BCUT2D eigenvalue weighted by atomic mass is 10.0. The molecule has 0 spiro atoms. The van der Waals surface area contributed by atoms with E-state index in [1.54, 1.807) is 33.1 Å². The quantitative estimate of drug-likeness (QED) is 0.335. The molecule has 0 saturated carbocycles. The lowest BCUT2D eigenvalue weighted by Crippen LogP contribution is -2.56. The number of hydrogen-bond acceptors (Lipinski definition) is 7. The molecule has 2 rings (SSSR count). The van der Waals surface area contributed by atoms with Crippen LogP contribution in [0.5, 0.6) is 11.5 Å². The predicted molar refractivity (Wildman–Crippen MR) is 130 cm³/mol. The Hall–Kier alpha value is -3.63. The van der Waals surface area contributed by atoms with E-state index in [-0.39, 0.29) is 24.2 Å². The van der Waals surface area contributed by atoms with Crippen LogP contribution in [0.1, 0.15) is 45.1 Å². The van der Waals surface area contributed by atoms with Crippen molar-refractivity contribution in [3.63, 3.8) is 0 Å². The smallest absolute Gasteiger partial charge is 0.305 e. The Morgan fingerprint density at radius 1 is 1.14 bits per heavy atom. The van der Waals surface area contributed by atoms with Gasteiger partial charge in [-0.05, 0) is 42.9 Å².